The number of carbonyl (C=O) groups is 2. The van der Waals surface area contributed by atoms with Crippen LogP contribution in [0, 0.1) is 11.8 Å². The summed E-state index contributed by atoms with van der Waals surface area (Å²) in [7, 11) is 0. The minimum atomic E-state index is -0.774. The van der Waals surface area contributed by atoms with Gasteiger partial charge in [-0.2, -0.15) is 0 Å². The summed E-state index contributed by atoms with van der Waals surface area (Å²) in [6, 6.07) is -0.0370. The number of nitrogens with zero attached hydrogens (tertiary/aromatic N) is 1. The SMILES string of the molecule is CC(C)CCCCCCNC(=O)N1CCC(CC(=O)O)C1. The average molecular weight is 298 g/mol. The van der Waals surface area contributed by atoms with Crippen LogP contribution in [0.5, 0.6) is 0 Å². The molecule has 1 fully saturated rings. The van der Waals surface area contributed by atoms with Crippen LogP contribution in [0.15, 0.2) is 0 Å². The molecule has 1 atom stereocenters. The summed E-state index contributed by atoms with van der Waals surface area (Å²) < 4.78 is 0. The number of urea groups is 1. The zero-order valence-electron chi connectivity index (χ0n) is 13.4. The number of aliphatic carboxylic acids is 1. The molecule has 0 aromatic rings. The number of hydrogen-bond acceptors (Lipinski definition) is 2. The van der Waals surface area contributed by atoms with Crippen LogP contribution in [0.4, 0.5) is 4.79 Å². The molecule has 0 aromatic heterocycles. The summed E-state index contributed by atoms with van der Waals surface area (Å²) >= 11 is 0. The van der Waals surface area contributed by atoms with Crippen LogP contribution in [0.25, 0.3) is 0 Å². The zero-order valence-corrected chi connectivity index (χ0v) is 13.4. The van der Waals surface area contributed by atoms with Gasteiger partial charge in [-0.05, 0) is 24.7 Å². The molecule has 0 saturated carbocycles. The summed E-state index contributed by atoms with van der Waals surface area (Å²) in [4.78, 5) is 24.3. The number of nitrogens with one attached hydrogen (secondary N) is 1. The molecule has 1 unspecified atom stereocenters. The Morgan fingerprint density at radius 3 is 2.62 bits per heavy atom. The summed E-state index contributed by atoms with van der Waals surface area (Å²) in [5, 5.41) is 11.7. The van der Waals surface area contributed by atoms with Gasteiger partial charge < -0.3 is 15.3 Å². The second-order valence-electron chi connectivity index (χ2n) is 6.53. The molecule has 1 aliphatic heterocycles. The lowest BCUT2D eigenvalue weighted by Gasteiger charge is -2.17. The van der Waals surface area contributed by atoms with E-state index >= 15 is 0 Å². The van der Waals surface area contributed by atoms with E-state index in [0.717, 1.165) is 31.7 Å². The van der Waals surface area contributed by atoms with Crippen molar-refractivity contribution in [1.29, 1.82) is 0 Å². The minimum absolute atomic E-state index is 0.0370. The van der Waals surface area contributed by atoms with Gasteiger partial charge in [-0.1, -0.05) is 39.5 Å². The molecule has 5 nitrogen and oxygen atoms in total. The normalized spacial score (nSPS) is 18.2. The number of amides is 2. The van der Waals surface area contributed by atoms with Gasteiger partial charge in [-0.3, -0.25) is 4.79 Å². The fourth-order valence-corrected chi connectivity index (χ4v) is 2.77. The Bertz CT molecular complexity index is 331. The lowest BCUT2D eigenvalue weighted by molar-refractivity contribution is -0.138. The van der Waals surface area contributed by atoms with Gasteiger partial charge in [0.05, 0.1) is 0 Å². The number of carboxylic acids is 1. The van der Waals surface area contributed by atoms with Crippen molar-refractivity contribution in [1.82, 2.24) is 10.2 Å². The van der Waals surface area contributed by atoms with Crippen molar-refractivity contribution >= 4 is 12.0 Å². The highest BCUT2D eigenvalue weighted by Gasteiger charge is 2.27. The van der Waals surface area contributed by atoms with Gasteiger partial charge in [0.25, 0.3) is 0 Å². The van der Waals surface area contributed by atoms with Crippen LogP contribution in [-0.4, -0.2) is 41.6 Å². The largest absolute Gasteiger partial charge is 0.481 e. The lowest BCUT2D eigenvalue weighted by atomic mass is 10.0. The summed E-state index contributed by atoms with van der Waals surface area (Å²) in [6.07, 6.45) is 6.94. The predicted octanol–water partition coefficient (Wildman–Crippen LogP) is 3.10. The minimum Gasteiger partial charge on any atom is -0.481 e. The maximum atomic E-state index is 11.9. The van der Waals surface area contributed by atoms with Crippen molar-refractivity contribution in [2.45, 2.75) is 58.8 Å². The van der Waals surface area contributed by atoms with Gasteiger partial charge in [0.1, 0.15) is 0 Å². The molecule has 21 heavy (non-hydrogen) atoms. The number of hydrogen-bond donors (Lipinski definition) is 2. The first-order chi connectivity index (χ1) is 9.99. The maximum Gasteiger partial charge on any atom is 0.317 e. The van der Waals surface area contributed by atoms with E-state index in [9.17, 15) is 9.59 Å². The van der Waals surface area contributed by atoms with Crippen LogP contribution in [-0.2, 0) is 4.79 Å². The molecular formula is C16H30N2O3. The van der Waals surface area contributed by atoms with Gasteiger partial charge in [0.2, 0.25) is 0 Å². The molecule has 1 aliphatic rings. The Morgan fingerprint density at radius 1 is 1.24 bits per heavy atom. The molecule has 0 radical (unpaired) electrons. The Hall–Kier alpha value is -1.26. The smallest absolute Gasteiger partial charge is 0.317 e. The van der Waals surface area contributed by atoms with E-state index in [2.05, 4.69) is 19.2 Å². The van der Waals surface area contributed by atoms with Crippen molar-refractivity contribution in [2.24, 2.45) is 11.8 Å². The second kappa shape index (κ2) is 9.64. The Labute approximate surface area is 128 Å². The highest BCUT2D eigenvalue weighted by Crippen LogP contribution is 2.19. The van der Waals surface area contributed by atoms with Crippen LogP contribution in [0.1, 0.15) is 58.8 Å². The molecule has 2 amide bonds. The van der Waals surface area contributed by atoms with Crippen LogP contribution >= 0.6 is 0 Å². The Balaban J connectivity index is 2.03. The molecule has 122 valence electrons. The molecule has 2 N–H and O–H groups in total. The van der Waals surface area contributed by atoms with Crippen LogP contribution in [0.2, 0.25) is 0 Å². The molecule has 0 aromatic carbocycles. The zero-order chi connectivity index (χ0) is 15.7. The maximum absolute atomic E-state index is 11.9. The lowest BCUT2D eigenvalue weighted by Crippen LogP contribution is -2.39. The van der Waals surface area contributed by atoms with Gasteiger partial charge in [-0.15, -0.1) is 0 Å². The topological polar surface area (TPSA) is 69.6 Å². The van der Waals surface area contributed by atoms with Crippen molar-refractivity contribution in [3.8, 4) is 0 Å². The predicted molar refractivity (Wildman–Crippen MR) is 83.3 cm³/mol. The first-order valence-electron chi connectivity index (χ1n) is 8.23. The van der Waals surface area contributed by atoms with Gasteiger partial charge in [0.15, 0.2) is 0 Å². The standard InChI is InChI=1S/C16H30N2O3/c1-13(2)7-5-3-4-6-9-17-16(21)18-10-8-14(12-18)11-15(19)20/h13-14H,3-12H2,1-2H3,(H,17,21)(H,19,20). The van der Waals surface area contributed by atoms with E-state index in [1.807, 2.05) is 0 Å². The fraction of sp³-hybridized carbons (Fsp3) is 0.875. The molecule has 1 saturated heterocycles. The van der Waals surface area contributed by atoms with E-state index < -0.39 is 5.97 Å². The number of carboxylic acid groups (broad SMARTS) is 1. The van der Waals surface area contributed by atoms with Gasteiger partial charge >= 0.3 is 12.0 Å². The molecule has 0 spiro atoms. The second-order valence-corrected chi connectivity index (χ2v) is 6.53. The molecule has 5 heteroatoms. The van der Waals surface area contributed by atoms with E-state index in [-0.39, 0.29) is 18.4 Å². The first kappa shape index (κ1) is 17.8. The molecule has 1 heterocycles. The molecular weight excluding hydrogens is 268 g/mol. The highest BCUT2D eigenvalue weighted by atomic mass is 16.4. The molecule has 1 rings (SSSR count). The highest BCUT2D eigenvalue weighted by molar-refractivity contribution is 5.74. The first-order valence-corrected chi connectivity index (χ1v) is 8.23. The molecule has 0 aliphatic carbocycles. The van der Waals surface area contributed by atoms with E-state index in [4.69, 9.17) is 5.11 Å². The third-order valence-electron chi connectivity index (χ3n) is 4.02. The summed E-state index contributed by atoms with van der Waals surface area (Å²) in [5.41, 5.74) is 0. The fourth-order valence-electron chi connectivity index (χ4n) is 2.77. The molecule has 0 bridgehead atoms. The number of unbranched alkanes of at least 4 members (excludes halogenated alkanes) is 3. The third-order valence-corrected chi connectivity index (χ3v) is 4.02. The van der Waals surface area contributed by atoms with Crippen molar-refractivity contribution in [3.63, 3.8) is 0 Å². The van der Waals surface area contributed by atoms with Crippen molar-refractivity contribution in [3.05, 3.63) is 0 Å². The van der Waals surface area contributed by atoms with Gasteiger partial charge in [0, 0.05) is 26.1 Å². The third kappa shape index (κ3) is 7.93. The monoisotopic (exact) mass is 298 g/mol. The van der Waals surface area contributed by atoms with Crippen molar-refractivity contribution in [2.75, 3.05) is 19.6 Å². The van der Waals surface area contributed by atoms with E-state index in [0.29, 0.717) is 13.1 Å². The van der Waals surface area contributed by atoms with E-state index in [1.54, 1.807) is 4.90 Å². The van der Waals surface area contributed by atoms with E-state index in [1.165, 1.54) is 19.3 Å². The average Bonchev–Trinajstić information content (AvgIpc) is 2.84. The summed E-state index contributed by atoms with van der Waals surface area (Å²) in [6.45, 7) is 6.47. The summed E-state index contributed by atoms with van der Waals surface area (Å²) in [5.74, 6) is 0.117. The number of likely N-dealkylation sites (tertiary alicyclic amines) is 1. The quantitative estimate of drug-likeness (QED) is 0.643. The Morgan fingerprint density at radius 2 is 1.95 bits per heavy atom. The van der Waals surface area contributed by atoms with Crippen molar-refractivity contribution < 1.29 is 14.7 Å². The number of rotatable bonds is 9. The Kier molecular flexibility index (Phi) is 8.16. The van der Waals surface area contributed by atoms with Gasteiger partial charge in [-0.25, -0.2) is 4.79 Å². The number of carbonyl (C=O) groups excluding carboxylic acids is 1. The van der Waals surface area contributed by atoms with Crippen LogP contribution in [0.3, 0.4) is 0 Å². The van der Waals surface area contributed by atoms with Crippen LogP contribution < -0.4 is 5.32 Å².